The Labute approximate surface area is 128 Å². The van der Waals surface area contributed by atoms with Crippen molar-refractivity contribution < 1.29 is 12.8 Å². The molecule has 0 fully saturated rings. The second kappa shape index (κ2) is 5.00. The zero-order valence-electron chi connectivity index (χ0n) is 11.0. The van der Waals surface area contributed by atoms with Crippen LogP contribution in [0.4, 0.5) is 10.1 Å². The van der Waals surface area contributed by atoms with E-state index in [1.54, 1.807) is 19.9 Å². The van der Waals surface area contributed by atoms with Crippen LogP contribution >= 0.6 is 22.7 Å². The minimum atomic E-state index is -3.75. The predicted molar refractivity (Wildman–Crippen MR) is 82.0 cm³/mol. The Balaban J connectivity index is 2.01. The van der Waals surface area contributed by atoms with E-state index in [0.717, 1.165) is 22.4 Å². The quantitative estimate of drug-likeness (QED) is 0.792. The number of rotatable bonds is 3. The fraction of sp³-hybridized carbons (Fsp3) is 0.167. The van der Waals surface area contributed by atoms with Gasteiger partial charge in [-0.3, -0.25) is 4.72 Å². The van der Waals surface area contributed by atoms with Gasteiger partial charge < -0.3 is 0 Å². The minimum absolute atomic E-state index is 0.0981. The van der Waals surface area contributed by atoms with Gasteiger partial charge in [-0.05, 0) is 19.9 Å². The lowest BCUT2D eigenvalue weighted by Gasteiger charge is -2.06. The molecule has 3 aromatic rings. The molecule has 2 aromatic heterocycles. The van der Waals surface area contributed by atoms with Crippen molar-refractivity contribution >= 4 is 48.6 Å². The first-order chi connectivity index (χ1) is 9.85. The van der Waals surface area contributed by atoms with Crippen molar-refractivity contribution in [1.82, 2.24) is 9.97 Å². The van der Waals surface area contributed by atoms with Gasteiger partial charge in [-0.1, -0.05) is 0 Å². The second-order valence-electron chi connectivity index (χ2n) is 4.34. The molecular formula is C12H10FN3O2S3. The van der Waals surface area contributed by atoms with Crippen LogP contribution in [0.15, 0.2) is 22.5 Å². The Morgan fingerprint density at radius 1 is 1.19 bits per heavy atom. The molecule has 0 saturated heterocycles. The molecule has 110 valence electrons. The summed E-state index contributed by atoms with van der Waals surface area (Å²) in [5.74, 6) is -0.546. The van der Waals surface area contributed by atoms with Gasteiger partial charge in [0.2, 0.25) is 0 Å². The van der Waals surface area contributed by atoms with Crippen LogP contribution in [0.5, 0.6) is 0 Å². The minimum Gasteiger partial charge on any atom is -0.279 e. The summed E-state index contributed by atoms with van der Waals surface area (Å²) in [6, 6.07) is 2.71. The van der Waals surface area contributed by atoms with E-state index in [2.05, 4.69) is 14.7 Å². The van der Waals surface area contributed by atoms with Gasteiger partial charge in [-0.2, -0.15) is 0 Å². The molecule has 0 radical (unpaired) electrons. The maximum absolute atomic E-state index is 13.9. The largest absolute Gasteiger partial charge is 0.279 e. The summed E-state index contributed by atoms with van der Waals surface area (Å²) in [5, 5.41) is 1.37. The summed E-state index contributed by atoms with van der Waals surface area (Å²) in [4.78, 5) is 7.98. The van der Waals surface area contributed by atoms with Gasteiger partial charge in [-0.15, -0.1) is 22.7 Å². The first-order valence-electron chi connectivity index (χ1n) is 5.87. The van der Waals surface area contributed by atoms with E-state index in [-0.39, 0.29) is 15.4 Å². The van der Waals surface area contributed by atoms with Crippen molar-refractivity contribution in [3.63, 3.8) is 0 Å². The standard InChI is InChI=1S/C12H10FN3O2S3/c1-6-14-5-11(20-6)21(17,18)16-8-3-9(13)12-10(4-8)19-7(2)15-12/h3-5,16H,1-2H3. The highest BCUT2D eigenvalue weighted by atomic mass is 32.2. The van der Waals surface area contributed by atoms with Gasteiger partial charge in [0, 0.05) is 6.07 Å². The molecule has 0 spiro atoms. The molecule has 0 aliphatic carbocycles. The van der Waals surface area contributed by atoms with Crippen molar-refractivity contribution in [2.45, 2.75) is 18.1 Å². The number of hydrogen-bond donors (Lipinski definition) is 1. The Bertz CT molecular complexity index is 931. The number of nitrogens with one attached hydrogen (secondary N) is 1. The third-order valence-corrected chi connectivity index (χ3v) is 6.35. The van der Waals surface area contributed by atoms with Crippen molar-refractivity contribution in [3.8, 4) is 0 Å². The molecule has 9 heteroatoms. The lowest BCUT2D eigenvalue weighted by Crippen LogP contribution is -2.11. The van der Waals surface area contributed by atoms with E-state index in [4.69, 9.17) is 0 Å². The van der Waals surface area contributed by atoms with Crippen LogP contribution in [-0.4, -0.2) is 18.4 Å². The number of nitrogens with zero attached hydrogens (tertiary/aromatic N) is 2. The number of sulfonamides is 1. The molecule has 0 atom stereocenters. The van der Waals surface area contributed by atoms with Gasteiger partial charge in [0.1, 0.15) is 5.52 Å². The van der Waals surface area contributed by atoms with E-state index < -0.39 is 15.8 Å². The van der Waals surface area contributed by atoms with Crippen LogP contribution in [0.3, 0.4) is 0 Å². The van der Waals surface area contributed by atoms with Crippen LogP contribution < -0.4 is 4.72 Å². The SMILES string of the molecule is Cc1ncc(S(=O)(=O)Nc2cc(F)c3nc(C)sc3c2)s1. The van der Waals surface area contributed by atoms with E-state index >= 15 is 0 Å². The molecule has 5 nitrogen and oxygen atoms in total. The summed E-state index contributed by atoms with van der Waals surface area (Å²) >= 11 is 2.37. The number of benzene rings is 1. The Morgan fingerprint density at radius 2 is 1.95 bits per heavy atom. The number of aryl methyl sites for hydroxylation is 2. The molecule has 2 heterocycles. The third kappa shape index (κ3) is 2.76. The van der Waals surface area contributed by atoms with E-state index in [1.165, 1.54) is 17.5 Å². The van der Waals surface area contributed by atoms with Gasteiger partial charge in [-0.25, -0.2) is 22.8 Å². The van der Waals surface area contributed by atoms with E-state index in [0.29, 0.717) is 9.71 Å². The van der Waals surface area contributed by atoms with Crippen molar-refractivity contribution in [2.75, 3.05) is 4.72 Å². The molecule has 0 saturated carbocycles. The zero-order chi connectivity index (χ0) is 15.2. The first-order valence-corrected chi connectivity index (χ1v) is 8.99. The number of fused-ring (bicyclic) bond motifs is 1. The normalized spacial score (nSPS) is 12.0. The number of halogens is 1. The maximum Gasteiger partial charge on any atom is 0.273 e. The van der Waals surface area contributed by atoms with Crippen LogP contribution in [0.25, 0.3) is 10.2 Å². The molecule has 0 aliphatic rings. The molecule has 0 unspecified atom stereocenters. The van der Waals surface area contributed by atoms with Gasteiger partial charge in [0.05, 0.1) is 26.6 Å². The average molecular weight is 343 g/mol. The van der Waals surface area contributed by atoms with E-state index in [1.807, 2.05) is 0 Å². The first kappa shape index (κ1) is 14.4. The smallest absolute Gasteiger partial charge is 0.273 e. The number of hydrogen-bond acceptors (Lipinski definition) is 6. The molecule has 0 amide bonds. The molecule has 0 bridgehead atoms. The molecule has 1 aromatic carbocycles. The molecule has 0 aliphatic heterocycles. The highest BCUT2D eigenvalue weighted by Gasteiger charge is 2.18. The number of thiazole rings is 2. The molecule has 1 N–H and O–H groups in total. The summed E-state index contributed by atoms with van der Waals surface area (Å²) in [7, 11) is -3.75. The van der Waals surface area contributed by atoms with Crippen LogP contribution in [0.2, 0.25) is 0 Å². The average Bonchev–Trinajstić information content (AvgIpc) is 2.95. The second-order valence-corrected chi connectivity index (χ2v) is 8.72. The lowest BCUT2D eigenvalue weighted by molar-refractivity contribution is 0.603. The fourth-order valence-corrected chi connectivity index (χ4v) is 4.86. The summed E-state index contributed by atoms with van der Waals surface area (Å²) in [6.07, 6.45) is 1.29. The topological polar surface area (TPSA) is 72.0 Å². The molecular weight excluding hydrogens is 333 g/mol. The molecule has 3 rings (SSSR count). The van der Waals surface area contributed by atoms with Crippen LogP contribution in [0, 0.1) is 19.7 Å². The Morgan fingerprint density at radius 3 is 2.62 bits per heavy atom. The highest BCUT2D eigenvalue weighted by molar-refractivity contribution is 7.94. The highest BCUT2D eigenvalue weighted by Crippen LogP contribution is 2.29. The van der Waals surface area contributed by atoms with Crippen LogP contribution in [-0.2, 0) is 10.0 Å². The fourth-order valence-electron chi connectivity index (χ4n) is 1.83. The monoisotopic (exact) mass is 343 g/mol. The Kier molecular flexibility index (Phi) is 3.42. The number of anilines is 1. The van der Waals surface area contributed by atoms with Crippen LogP contribution in [0.1, 0.15) is 10.0 Å². The maximum atomic E-state index is 13.9. The van der Waals surface area contributed by atoms with E-state index in [9.17, 15) is 12.8 Å². The van der Waals surface area contributed by atoms with Crippen molar-refractivity contribution in [3.05, 3.63) is 34.2 Å². The third-order valence-electron chi connectivity index (χ3n) is 2.67. The number of aromatic nitrogens is 2. The van der Waals surface area contributed by atoms with Gasteiger partial charge in [0.15, 0.2) is 10.0 Å². The van der Waals surface area contributed by atoms with Crippen molar-refractivity contribution in [1.29, 1.82) is 0 Å². The summed E-state index contributed by atoms with van der Waals surface area (Å²) in [5.41, 5.74) is 0.434. The van der Waals surface area contributed by atoms with Gasteiger partial charge in [0.25, 0.3) is 10.0 Å². The molecule has 21 heavy (non-hydrogen) atoms. The van der Waals surface area contributed by atoms with Crippen molar-refractivity contribution in [2.24, 2.45) is 0 Å². The Hall–Kier alpha value is -1.58. The predicted octanol–water partition coefficient (Wildman–Crippen LogP) is 3.31. The summed E-state index contributed by atoms with van der Waals surface area (Å²) in [6.45, 7) is 3.49. The zero-order valence-corrected chi connectivity index (χ0v) is 13.5. The lowest BCUT2D eigenvalue weighted by atomic mass is 10.3. The summed E-state index contributed by atoms with van der Waals surface area (Å²) < 4.78 is 41.4. The van der Waals surface area contributed by atoms with Gasteiger partial charge >= 0.3 is 0 Å².